The van der Waals surface area contributed by atoms with Crippen molar-refractivity contribution < 1.29 is 9.47 Å². The maximum atomic E-state index is 5.73. The second kappa shape index (κ2) is 54.6. The van der Waals surface area contributed by atoms with E-state index in [0.717, 1.165) is 43.2 Å². The third-order valence-electron chi connectivity index (χ3n) is 23.8. The number of pyridine rings is 1. The summed E-state index contributed by atoms with van der Waals surface area (Å²) >= 11 is 7.50. The lowest BCUT2D eigenvalue weighted by Crippen LogP contribution is -1.97. The van der Waals surface area contributed by atoms with Crippen LogP contribution in [0.1, 0.15) is 515 Å². The number of benzene rings is 6. The van der Waals surface area contributed by atoms with Crippen LogP contribution >= 0.6 is 45.3 Å². The highest BCUT2D eigenvalue weighted by Gasteiger charge is 2.23. The molecule has 0 amide bonds. The van der Waals surface area contributed by atoms with Crippen molar-refractivity contribution in [3.63, 3.8) is 0 Å². The molecule has 2 aliphatic heterocycles. The molecule has 0 radical (unpaired) electrons. The van der Waals surface area contributed by atoms with E-state index in [1.807, 2.05) is 46.4 Å². The van der Waals surface area contributed by atoms with Gasteiger partial charge in [-0.1, -0.05) is 374 Å². The first kappa shape index (κ1) is 112. The van der Waals surface area contributed by atoms with Crippen molar-refractivity contribution in [2.24, 2.45) is 0 Å². The van der Waals surface area contributed by atoms with Crippen molar-refractivity contribution in [1.82, 2.24) is 20.2 Å². The van der Waals surface area contributed by atoms with E-state index in [9.17, 15) is 0 Å². The number of aromatic amines is 1. The summed E-state index contributed by atoms with van der Waals surface area (Å²) in [5, 5.41) is 20.8. The van der Waals surface area contributed by atoms with Crippen molar-refractivity contribution in [2.75, 3.05) is 13.2 Å². The average molecular weight is 1820 g/mol. The maximum Gasteiger partial charge on any atom is 0.126 e. The van der Waals surface area contributed by atoms with Crippen LogP contribution in [0.25, 0.3) is 21.5 Å². The third kappa shape index (κ3) is 35.8. The summed E-state index contributed by atoms with van der Waals surface area (Å²) in [6, 6.07) is 49.6. The van der Waals surface area contributed by atoms with Crippen molar-refractivity contribution in [2.45, 2.75) is 408 Å². The van der Waals surface area contributed by atoms with E-state index in [0.29, 0.717) is 118 Å². The number of rotatable bonds is 20. The summed E-state index contributed by atoms with van der Waals surface area (Å²) in [7, 11) is 0. The van der Waals surface area contributed by atoms with Gasteiger partial charge in [0.15, 0.2) is 0 Å². The highest BCUT2D eigenvalue weighted by atomic mass is 32.1. The van der Waals surface area contributed by atoms with Crippen LogP contribution in [0.3, 0.4) is 0 Å². The molecular weight excluding hydrogens is 1650 g/mol. The first-order valence-corrected chi connectivity index (χ1v) is 52.8. The molecule has 0 atom stereocenters. The van der Waals surface area contributed by atoms with Crippen LogP contribution in [-0.2, 0) is 12.8 Å². The van der Waals surface area contributed by atoms with Gasteiger partial charge in [-0.15, -0.1) is 45.3 Å². The minimum atomic E-state index is 0.527. The Morgan fingerprint density at radius 3 is 1.01 bits per heavy atom. The number of nitrogens with one attached hydrogen (secondary N) is 1. The summed E-state index contributed by atoms with van der Waals surface area (Å²) in [4.78, 5) is 14.8. The van der Waals surface area contributed by atoms with Crippen LogP contribution in [0.15, 0.2) is 162 Å². The van der Waals surface area contributed by atoms with Crippen LogP contribution in [0, 0.1) is 0 Å². The van der Waals surface area contributed by atoms with Gasteiger partial charge >= 0.3 is 0 Å². The van der Waals surface area contributed by atoms with Crippen LogP contribution in [0.2, 0.25) is 0 Å². The predicted molar refractivity (Wildman–Crippen MR) is 579 cm³/mol. The molecule has 2 aliphatic rings. The Kier molecular flexibility index (Phi) is 47.5. The molecule has 0 saturated heterocycles. The Hall–Kier alpha value is -7.47. The molecule has 0 fully saturated rings. The van der Waals surface area contributed by atoms with Gasteiger partial charge in [0.25, 0.3) is 0 Å². The zero-order chi connectivity index (χ0) is 96.7. The van der Waals surface area contributed by atoms with Crippen LogP contribution in [0.4, 0.5) is 0 Å². The second-order valence-corrected chi connectivity index (χ2v) is 45.8. The molecule has 129 heavy (non-hydrogen) atoms. The lowest BCUT2D eigenvalue weighted by atomic mass is 9.90. The Bertz CT molecular complexity index is 4600. The second-order valence-electron chi connectivity index (χ2n) is 41.9. The molecule has 0 spiro atoms. The molecule has 6 aromatic heterocycles. The van der Waals surface area contributed by atoms with Gasteiger partial charge in [-0.05, 0) is 253 Å². The highest BCUT2D eigenvalue weighted by Crippen LogP contribution is 2.41. The average Bonchev–Trinajstić information content (AvgIpc) is 1.08. The Balaban J connectivity index is 0.000000255. The largest absolute Gasteiger partial charge is 0.493 e. The number of ether oxygens (including phenoxy) is 2. The number of hydrogen-bond acceptors (Lipinski definition) is 9. The number of H-pyrrole nitrogens is 1. The van der Waals surface area contributed by atoms with Gasteiger partial charge in [0.05, 0.1) is 29.6 Å². The van der Waals surface area contributed by atoms with Gasteiger partial charge in [-0.2, -0.15) is 5.10 Å². The van der Waals surface area contributed by atoms with Crippen LogP contribution in [0.5, 0.6) is 11.5 Å². The molecule has 10 heteroatoms. The van der Waals surface area contributed by atoms with Gasteiger partial charge < -0.3 is 9.47 Å². The van der Waals surface area contributed by atoms with Gasteiger partial charge in [-0.3, -0.25) is 10.1 Å². The Morgan fingerprint density at radius 1 is 0.287 bits per heavy atom. The number of thiophene rings is 3. The van der Waals surface area contributed by atoms with Gasteiger partial charge in [0.1, 0.15) is 11.5 Å². The minimum absolute atomic E-state index is 0.527. The summed E-state index contributed by atoms with van der Waals surface area (Å²) in [5.74, 6) is 14.5. The molecule has 6 nitrogen and oxygen atoms in total. The lowest BCUT2D eigenvalue weighted by molar-refractivity contribution is 0.352. The number of nitrogens with zero attached hydrogens (tertiary/aromatic N) is 3. The van der Waals surface area contributed by atoms with E-state index in [1.54, 1.807) is 11.3 Å². The first-order valence-electron chi connectivity index (χ1n) is 49.4. The van der Waals surface area contributed by atoms with Crippen molar-refractivity contribution in [1.29, 1.82) is 0 Å². The fourth-order valence-corrected chi connectivity index (χ4v) is 18.7. The number of aromatic nitrogens is 4. The zero-order valence-corrected chi connectivity index (χ0v) is 91.5. The summed E-state index contributed by atoms with van der Waals surface area (Å²) in [6.45, 7) is 90.9. The van der Waals surface area contributed by atoms with E-state index in [-0.39, 0.29) is 0 Å². The number of hydrogen-bond donors (Lipinski definition) is 1. The number of thiazole rings is 1. The molecular formula is C119H176N4O2S4. The molecule has 0 unspecified atom stereocenters. The summed E-state index contributed by atoms with van der Waals surface area (Å²) < 4.78 is 11.4. The molecule has 6 aromatic carbocycles. The normalized spacial score (nSPS) is 12.2. The zero-order valence-electron chi connectivity index (χ0n) is 88.3. The maximum absolute atomic E-state index is 5.73. The van der Waals surface area contributed by atoms with E-state index in [2.05, 4.69) is 447 Å². The molecule has 1 N–H and O–H groups in total. The van der Waals surface area contributed by atoms with Crippen LogP contribution < -0.4 is 9.47 Å². The van der Waals surface area contributed by atoms with Crippen molar-refractivity contribution in [3.05, 3.63) is 281 Å². The molecule has 708 valence electrons. The quantitative estimate of drug-likeness (QED) is 0.0823. The van der Waals surface area contributed by atoms with Gasteiger partial charge in [-0.25, -0.2) is 4.98 Å². The van der Waals surface area contributed by atoms with E-state index in [1.165, 1.54) is 135 Å². The smallest absolute Gasteiger partial charge is 0.126 e. The fourth-order valence-electron chi connectivity index (χ4n) is 14.5. The first-order chi connectivity index (χ1) is 60.5. The highest BCUT2D eigenvalue weighted by molar-refractivity contribution is 7.12. The monoisotopic (exact) mass is 1820 g/mol. The number of fused-ring (bicyclic) bond motifs is 4. The SMILES string of the molecule is CC(C)c1cc(C(C)C)[nH]n1.CC(C)c1cc(C(C)C)c2ccccc2c1.CC(C)c1cc(C(C)C)c2ccccc2c1.CC(C)c1cc2c(c(C(C)C)c1)CCO2.CC(C)c1cc2c(c(C(C)C)c1)OCC2.CC(C)c1ccc(C(C)C)s1.CC(C)c1cncc(C(C)C)c1.CC(C)c1csc(C(C)C)c1.CC(C)c1csc(C(C)C)c1.CC(C)c1csc(C(C)C)n1. The lowest BCUT2D eigenvalue weighted by Gasteiger charge is -2.15. The van der Waals surface area contributed by atoms with Gasteiger partial charge in [0, 0.05) is 67.3 Å². The Morgan fingerprint density at radius 2 is 0.674 bits per heavy atom. The third-order valence-corrected chi connectivity index (χ3v) is 29.2. The molecule has 0 saturated carbocycles. The topological polar surface area (TPSA) is 72.9 Å². The van der Waals surface area contributed by atoms with E-state index in [4.69, 9.17) is 9.47 Å². The summed E-state index contributed by atoms with van der Waals surface area (Å²) in [5.41, 5.74) is 23.7. The van der Waals surface area contributed by atoms with Gasteiger partial charge in [0.2, 0.25) is 0 Å². The standard InChI is InChI=1S/2C16H20.2C14H20O.C11H17N.3C10H16S.C9H16N2.C9H15NS/c2*1-11(2)14-9-13-7-5-6-8-15(13)16(10-14)12(3)4;1-9(2)11-7-13(10(3)4)12-5-6-15-14(12)8-11;1-9(2)12-7-11-5-6-15-14(11)13(8-12)10(3)4;1-8(2)10-5-11(9(3)4)7-12-6-10;2*1-7(2)9-5-10(8(3)4)11-6-9;1-7(2)9-5-6-10(11-9)8(3)4;1-6(2)8-5-9(7(3)4)11-10-8;1-6(2)8-5-11-9(10-8)7(3)4/h2*5-12H,1-4H3;2*7-10H,5-6H2,1-4H3;5-9H,1-4H3;3*5-8H,1-4H3;5-7H,1-4H3,(H,10,11);5-7H,1-4H3. The fraction of sp³-hybridized carbons (Fsp3) is 0.538. The van der Waals surface area contributed by atoms with E-state index >= 15 is 0 Å². The van der Waals surface area contributed by atoms with E-state index < -0.39 is 0 Å². The van der Waals surface area contributed by atoms with Crippen molar-refractivity contribution in [3.8, 4) is 11.5 Å². The molecule has 14 rings (SSSR count). The molecule has 0 aliphatic carbocycles. The van der Waals surface area contributed by atoms with Crippen LogP contribution in [-0.4, -0.2) is 33.4 Å². The Labute approximate surface area is 804 Å². The molecule has 12 aromatic rings. The summed E-state index contributed by atoms with van der Waals surface area (Å²) in [6.07, 6.45) is 6.07. The predicted octanol–water partition coefficient (Wildman–Crippen LogP) is 39.3. The molecule has 0 bridgehead atoms. The minimum Gasteiger partial charge on any atom is -0.493 e. The molecule has 8 heterocycles. The van der Waals surface area contributed by atoms with Crippen molar-refractivity contribution >= 4 is 66.9 Å².